The molecule has 0 bridgehead atoms. The van der Waals surface area contributed by atoms with Crippen molar-refractivity contribution in [3.05, 3.63) is 28.0 Å². The Hall–Kier alpha value is -0.870. The Morgan fingerprint density at radius 3 is 3.00 bits per heavy atom. The fourth-order valence-electron chi connectivity index (χ4n) is 1.45. The van der Waals surface area contributed by atoms with E-state index in [0.29, 0.717) is 9.79 Å². The number of aryl methyl sites for hydroxylation is 1. The first-order chi connectivity index (χ1) is 6.74. The zero-order valence-electron chi connectivity index (χ0n) is 7.26. The summed E-state index contributed by atoms with van der Waals surface area (Å²) >= 11 is 11.0. The number of benzene rings is 1. The van der Waals surface area contributed by atoms with Gasteiger partial charge < -0.3 is 9.55 Å². The van der Waals surface area contributed by atoms with Gasteiger partial charge >= 0.3 is 0 Å². The van der Waals surface area contributed by atoms with E-state index in [4.69, 9.17) is 23.8 Å². The average Bonchev–Trinajstić information content (AvgIpc) is 2.47. The van der Waals surface area contributed by atoms with Crippen molar-refractivity contribution in [3.63, 3.8) is 0 Å². The smallest absolute Gasteiger partial charge is 0.178 e. The number of fused-ring (bicyclic) bond motifs is 1. The first-order valence-corrected chi connectivity index (χ1v) is 4.95. The maximum atomic E-state index is 12.3. The molecular weight excluding hydrogens is 223 g/mol. The van der Waals surface area contributed by atoms with E-state index >= 15 is 0 Å². The third kappa shape index (κ3) is 1.44. The van der Waals surface area contributed by atoms with Gasteiger partial charge in [0.15, 0.2) is 4.77 Å². The molecule has 0 atom stereocenters. The van der Waals surface area contributed by atoms with Crippen LogP contribution in [0.25, 0.3) is 11.0 Å². The predicted molar refractivity (Wildman–Crippen MR) is 58.1 cm³/mol. The Bertz CT molecular complexity index is 517. The molecule has 2 nitrogen and oxygen atoms in total. The minimum Gasteiger partial charge on any atom is -0.329 e. The van der Waals surface area contributed by atoms with Crippen molar-refractivity contribution >= 4 is 34.9 Å². The number of para-hydroxylation sites is 1. The van der Waals surface area contributed by atoms with Crippen LogP contribution in [-0.2, 0) is 6.54 Å². The molecule has 0 saturated carbocycles. The van der Waals surface area contributed by atoms with Gasteiger partial charge in [-0.2, -0.15) is 0 Å². The van der Waals surface area contributed by atoms with Crippen molar-refractivity contribution < 1.29 is 4.39 Å². The number of aromatic nitrogens is 2. The lowest BCUT2D eigenvalue weighted by molar-refractivity contribution is 0.448. The number of nitrogens with one attached hydrogen (secondary N) is 1. The summed E-state index contributed by atoms with van der Waals surface area (Å²) < 4.78 is 14.5. The van der Waals surface area contributed by atoms with Crippen LogP contribution in [-0.4, -0.2) is 16.2 Å². The van der Waals surface area contributed by atoms with E-state index in [1.165, 1.54) is 0 Å². The zero-order chi connectivity index (χ0) is 10.1. The summed E-state index contributed by atoms with van der Waals surface area (Å²) in [7, 11) is 0. The number of halogens is 2. The third-order valence-electron chi connectivity index (χ3n) is 2.07. The summed E-state index contributed by atoms with van der Waals surface area (Å²) in [6, 6.07) is 5.46. The van der Waals surface area contributed by atoms with Crippen molar-refractivity contribution in [3.8, 4) is 0 Å². The maximum absolute atomic E-state index is 12.3. The molecule has 5 heteroatoms. The van der Waals surface area contributed by atoms with Gasteiger partial charge in [0, 0.05) is 0 Å². The lowest BCUT2D eigenvalue weighted by Crippen LogP contribution is -1.98. The van der Waals surface area contributed by atoms with E-state index < -0.39 is 6.67 Å². The van der Waals surface area contributed by atoms with E-state index in [9.17, 15) is 4.39 Å². The summed E-state index contributed by atoms with van der Waals surface area (Å²) in [6.45, 7) is -0.174. The van der Waals surface area contributed by atoms with Crippen LogP contribution in [0.4, 0.5) is 4.39 Å². The summed E-state index contributed by atoms with van der Waals surface area (Å²) in [5.41, 5.74) is 1.62. The largest absolute Gasteiger partial charge is 0.329 e. The number of aromatic amines is 1. The average molecular weight is 231 g/mol. The van der Waals surface area contributed by atoms with Gasteiger partial charge in [-0.25, -0.2) is 4.39 Å². The second-order valence-electron chi connectivity index (χ2n) is 2.90. The second-order valence-corrected chi connectivity index (χ2v) is 3.70. The molecule has 0 aliphatic heterocycles. The first kappa shape index (κ1) is 9.68. The lowest BCUT2D eigenvalue weighted by Gasteiger charge is -1.99. The molecule has 0 aliphatic carbocycles. The Balaban J connectivity index is 2.77. The van der Waals surface area contributed by atoms with Crippen LogP contribution < -0.4 is 0 Å². The highest BCUT2D eigenvalue weighted by Gasteiger charge is 2.05. The molecule has 0 fully saturated rings. The zero-order valence-corrected chi connectivity index (χ0v) is 8.83. The van der Waals surface area contributed by atoms with E-state index in [-0.39, 0.29) is 6.54 Å². The summed E-state index contributed by atoms with van der Waals surface area (Å²) in [6.07, 6.45) is 0. The summed E-state index contributed by atoms with van der Waals surface area (Å²) in [5.74, 6) is 0. The van der Waals surface area contributed by atoms with Crippen LogP contribution in [0.15, 0.2) is 18.2 Å². The third-order valence-corrected chi connectivity index (χ3v) is 2.71. The normalized spacial score (nSPS) is 11.0. The second kappa shape index (κ2) is 3.71. The molecule has 74 valence electrons. The van der Waals surface area contributed by atoms with Crippen LogP contribution >= 0.6 is 23.8 Å². The molecular formula is C9H8ClFN2S. The van der Waals surface area contributed by atoms with E-state index in [1.54, 1.807) is 10.6 Å². The number of alkyl halides is 1. The Labute approximate surface area is 90.3 Å². The summed E-state index contributed by atoms with van der Waals surface area (Å²) in [4.78, 5) is 2.96. The first-order valence-electron chi connectivity index (χ1n) is 4.17. The van der Waals surface area contributed by atoms with Crippen LogP contribution in [0.3, 0.4) is 0 Å². The molecule has 0 spiro atoms. The number of H-pyrrole nitrogens is 1. The number of nitrogens with zero attached hydrogens (tertiary/aromatic N) is 1. The predicted octanol–water partition coefficient (Wildman–Crippen LogP) is 3.32. The molecule has 1 N–H and O–H groups in total. The molecule has 1 aromatic carbocycles. The highest BCUT2D eigenvalue weighted by atomic mass is 35.5. The number of imidazole rings is 1. The van der Waals surface area contributed by atoms with Crippen molar-refractivity contribution in [1.82, 2.24) is 9.55 Å². The monoisotopic (exact) mass is 230 g/mol. The van der Waals surface area contributed by atoms with E-state index in [1.807, 2.05) is 12.1 Å². The van der Waals surface area contributed by atoms with Crippen LogP contribution in [0, 0.1) is 4.77 Å². The van der Waals surface area contributed by atoms with Crippen molar-refractivity contribution in [2.24, 2.45) is 0 Å². The van der Waals surface area contributed by atoms with E-state index in [0.717, 1.165) is 11.0 Å². The summed E-state index contributed by atoms with van der Waals surface area (Å²) in [5, 5.41) is 0.603. The van der Waals surface area contributed by atoms with Gasteiger partial charge in [0.2, 0.25) is 0 Å². The molecule has 0 radical (unpaired) electrons. The standard InChI is InChI=1S/C9H8ClFN2S/c10-6-2-1-3-7-8(6)12-9(14)13(7)5-4-11/h1-3H,4-5H2,(H,12,14). The minimum absolute atomic E-state index is 0.263. The van der Waals surface area contributed by atoms with Gasteiger partial charge in [0.05, 0.1) is 22.6 Å². The fraction of sp³-hybridized carbons (Fsp3) is 0.222. The van der Waals surface area contributed by atoms with Gasteiger partial charge in [-0.1, -0.05) is 17.7 Å². The number of hydrogen-bond donors (Lipinski definition) is 1. The Morgan fingerprint density at radius 1 is 1.50 bits per heavy atom. The lowest BCUT2D eigenvalue weighted by atomic mass is 10.3. The van der Waals surface area contributed by atoms with Crippen LogP contribution in [0.2, 0.25) is 5.02 Å². The Morgan fingerprint density at radius 2 is 2.29 bits per heavy atom. The van der Waals surface area contributed by atoms with Gasteiger partial charge in [0.1, 0.15) is 6.67 Å². The quantitative estimate of drug-likeness (QED) is 0.785. The van der Waals surface area contributed by atoms with Gasteiger partial charge in [0.25, 0.3) is 0 Å². The SMILES string of the molecule is FCCn1c(=S)[nH]c2c(Cl)cccc21. The molecule has 14 heavy (non-hydrogen) atoms. The van der Waals surface area contributed by atoms with Crippen molar-refractivity contribution in [1.29, 1.82) is 0 Å². The van der Waals surface area contributed by atoms with Gasteiger partial charge in [-0.05, 0) is 24.4 Å². The van der Waals surface area contributed by atoms with Crippen molar-refractivity contribution in [2.75, 3.05) is 6.67 Å². The van der Waals surface area contributed by atoms with Crippen LogP contribution in [0.5, 0.6) is 0 Å². The highest BCUT2D eigenvalue weighted by Crippen LogP contribution is 2.22. The minimum atomic E-state index is -0.437. The van der Waals surface area contributed by atoms with Crippen LogP contribution in [0.1, 0.15) is 0 Å². The van der Waals surface area contributed by atoms with Gasteiger partial charge in [-0.15, -0.1) is 0 Å². The molecule has 0 amide bonds. The Kier molecular flexibility index (Phi) is 2.56. The fourth-order valence-corrected chi connectivity index (χ4v) is 1.96. The molecule has 2 aromatic rings. The molecule has 1 aromatic heterocycles. The van der Waals surface area contributed by atoms with Crippen molar-refractivity contribution in [2.45, 2.75) is 6.54 Å². The van der Waals surface area contributed by atoms with E-state index in [2.05, 4.69) is 4.98 Å². The molecule has 0 aliphatic rings. The number of hydrogen-bond acceptors (Lipinski definition) is 1. The molecule has 2 rings (SSSR count). The maximum Gasteiger partial charge on any atom is 0.178 e. The molecule has 0 saturated heterocycles. The topological polar surface area (TPSA) is 20.7 Å². The molecule has 1 heterocycles. The number of rotatable bonds is 2. The highest BCUT2D eigenvalue weighted by molar-refractivity contribution is 7.71. The molecule has 0 unspecified atom stereocenters. The van der Waals surface area contributed by atoms with Gasteiger partial charge in [-0.3, -0.25) is 0 Å².